The Morgan fingerprint density at radius 2 is 2.00 bits per heavy atom. The predicted octanol–water partition coefficient (Wildman–Crippen LogP) is 1.16. The molecule has 0 bridgehead atoms. The van der Waals surface area contributed by atoms with Crippen LogP contribution in [-0.4, -0.2) is 34.8 Å². The van der Waals surface area contributed by atoms with E-state index in [0.717, 1.165) is 0 Å². The predicted molar refractivity (Wildman–Crippen MR) is 70.6 cm³/mol. The van der Waals surface area contributed by atoms with Crippen molar-refractivity contribution in [3.05, 3.63) is 0 Å². The van der Waals surface area contributed by atoms with Crippen molar-refractivity contribution in [1.29, 1.82) is 0 Å². The Bertz CT molecular complexity index is 370. The van der Waals surface area contributed by atoms with Gasteiger partial charge in [-0.1, -0.05) is 33.6 Å². The van der Waals surface area contributed by atoms with Crippen LogP contribution in [0.4, 0.5) is 0 Å². The van der Waals surface area contributed by atoms with E-state index < -0.39 is 12.1 Å². The lowest BCUT2D eigenvalue weighted by atomic mass is 9.94. The monoisotopic (exact) mass is 250 g/mol. The highest BCUT2D eigenvalue weighted by Crippen LogP contribution is 2.22. The lowest BCUT2D eigenvalue weighted by Crippen LogP contribution is -2.66. The van der Waals surface area contributed by atoms with Gasteiger partial charge in [0.2, 0.25) is 11.8 Å². The van der Waals surface area contributed by atoms with Crippen molar-refractivity contribution in [1.82, 2.24) is 10.2 Å². The first-order chi connectivity index (χ1) is 8.47. The van der Waals surface area contributed by atoms with Crippen LogP contribution in [0.2, 0.25) is 0 Å². The molecule has 1 aliphatic rings. The zero-order valence-electron chi connectivity index (χ0n) is 11.6. The van der Waals surface area contributed by atoms with Crippen LogP contribution in [0.1, 0.15) is 40.5 Å². The summed E-state index contributed by atoms with van der Waals surface area (Å²) in [6, 6.07) is -1.19. The molecule has 0 aromatic rings. The van der Waals surface area contributed by atoms with Crippen LogP contribution in [0, 0.1) is 18.3 Å². The largest absolute Gasteiger partial charge is 0.343 e. The molecule has 0 saturated carbocycles. The van der Waals surface area contributed by atoms with E-state index in [1.165, 1.54) is 0 Å². The van der Waals surface area contributed by atoms with E-state index in [1.807, 2.05) is 27.7 Å². The van der Waals surface area contributed by atoms with Gasteiger partial charge in [-0.15, -0.1) is 6.42 Å². The third-order valence-corrected chi connectivity index (χ3v) is 3.39. The van der Waals surface area contributed by atoms with Gasteiger partial charge in [-0.25, -0.2) is 0 Å². The van der Waals surface area contributed by atoms with Crippen molar-refractivity contribution in [2.75, 3.05) is 0 Å². The van der Waals surface area contributed by atoms with E-state index in [1.54, 1.807) is 4.90 Å². The van der Waals surface area contributed by atoms with Gasteiger partial charge in [0.05, 0.1) is 6.04 Å². The molecular formula is C14H22N2O2. The molecule has 4 nitrogen and oxygen atoms in total. The van der Waals surface area contributed by atoms with Crippen LogP contribution >= 0.6 is 0 Å². The van der Waals surface area contributed by atoms with Crippen LogP contribution in [0.15, 0.2) is 0 Å². The number of rotatable bonds is 4. The summed E-state index contributed by atoms with van der Waals surface area (Å²) < 4.78 is 0. The molecule has 1 N–H and O–H groups in total. The molecule has 1 rings (SSSR count). The smallest absolute Gasteiger partial charge is 0.246 e. The van der Waals surface area contributed by atoms with Gasteiger partial charge in [0.1, 0.15) is 12.1 Å². The second-order valence-electron chi connectivity index (χ2n) is 4.99. The fourth-order valence-corrected chi connectivity index (χ4v) is 2.41. The van der Waals surface area contributed by atoms with Gasteiger partial charge in [0.25, 0.3) is 0 Å². The molecule has 0 radical (unpaired) electrons. The Morgan fingerprint density at radius 3 is 2.39 bits per heavy atom. The van der Waals surface area contributed by atoms with E-state index in [-0.39, 0.29) is 23.8 Å². The summed E-state index contributed by atoms with van der Waals surface area (Å²) in [5.41, 5.74) is 0. The fraction of sp³-hybridized carbons (Fsp3) is 0.714. The lowest BCUT2D eigenvalue weighted by Gasteiger charge is -2.43. The molecule has 3 atom stereocenters. The van der Waals surface area contributed by atoms with Gasteiger partial charge in [-0.2, -0.15) is 0 Å². The maximum Gasteiger partial charge on any atom is 0.246 e. The number of nitrogens with one attached hydrogen (secondary N) is 1. The van der Waals surface area contributed by atoms with Crippen molar-refractivity contribution >= 4 is 11.8 Å². The number of carbonyl (C=O) groups is 2. The average Bonchev–Trinajstić information content (AvgIpc) is 2.33. The Hall–Kier alpha value is -1.50. The number of amides is 2. The summed E-state index contributed by atoms with van der Waals surface area (Å²) in [5, 5.41) is 2.78. The summed E-state index contributed by atoms with van der Waals surface area (Å²) in [7, 11) is 0. The number of terminal acetylenes is 1. The summed E-state index contributed by atoms with van der Waals surface area (Å²) in [6.45, 7) is 7.68. The van der Waals surface area contributed by atoms with E-state index in [0.29, 0.717) is 12.8 Å². The highest BCUT2D eigenvalue weighted by molar-refractivity contribution is 5.97. The van der Waals surface area contributed by atoms with Gasteiger partial charge in [-0.05, 0) is 18.8 Å². The molecule has 1 aliphatic heterocycles. The molecular weight excluding hydrogens is 228 g/mol. The Balaban J connectivity index is 3.13. The van der Waals surface area contributed by atoms with Gasteiger partial charge < -0.3 is 10.2 Å². The standard InChI is InChI=1S/C14H22N2O2/c1-6-10(7-2)16-12(9(4)5)13(17)15-11(8-3)14(16)18/h1,9-12H,7-8H2,2-5H3,(H,15,17). The third kappa shape index (κ3) is 2.50. The van der Waals surface area contributed by atoms with Crippen molar-refractivity contribution < 1.29 is 9.59 Å². The molecule has 0 aromatic heterocycles. The van der Waals surface area contributed by atoms with E-state index in [9.17, 15) is 9.59 Å². The van der Waals surface area contributed by atoms with E-state index in [2.05, 4.69) is 11.2 Å². The second kappa shape index (κ2) is 5.90. The molecule has 18 heavy (non-hydrogen) atoms. The molecule has 1 heterocycles. The molecule has 0 aromatic carbocycles. The number of nitrogens with zero attached hydrogens (tertiary/aromatic N) is 1. The minimum atomic E-state index is -0.457. The van der Waals surface area contributed by atoms with Crippen LogP contribution < -0.4 is 5.32 Å². The number of piperazine rings is 1. The first kappa shape index (κ1) is 14.6. The first-order valence-electron chi connectivity index (χ1n) is 6.56. The van der Waals surface area contributed by atoms with Crippen LogP contribution in [0.25, 0.3) is 0 Å². The lowest BCUT2D eigenvalue weighted by molar-refractivity contribution is -0.153. The Labute approximate surface area is 109 Å². The molecule has 3 unspecified atom stereocenters. The van der Waals surface area contributed by atoms with Gasteiger partial charge in [0.15, 0.2) is 0 Å². The van der Waals surface area contributed by atoms with Crippen LogP contribution in [0.5, 0.6) is 0 Å². The summed E-state index contributed by atoms with van der Waals surface area (Å²) in [4.78, 5) is 26.1. The van der Waals surface area contributed by atoms with Crippen LogP contribution in [-0.2, 0) is 9.59 Å². The highest BCUT2D eigenvalue weighted by atomic mass is 16.2. The zero-order valence-corrected chi connectivity index (χ0v) is 11.6. The summed E-state index contributed by atoms with van der Waals surface area (Å²) >= 11 is 0. The normalized spacial score (nSPS) is 25.9. The maximum absolute atomic E-state index is 12.4. The van der Waals surface area contributed by atoms with Gasteiger partial charge in [-0.3, -0.25) is 9.59 Å². The van der Waals surface area contributed by atoms with Gasteiger partial charge in [0, 0.05) is 0 Å². The van der Waals surface area contributed by atoms with E-state index >= 15 is 0 Å². The van der Waals surface area contributed by atoms with Crippen molar-refractivity contribution in [2.45, 2.75) is 58.7 Å². The maximum atomic E-state index is 12.4. The van der Waals surface area contributed by atoms with Crippen molar-refractivity contribution in [3.8, 4) is 12.3 Å². The molecule has 1 fully saturated rings. The molecule has 1 saturated heterocycles. The summed E-state index contributed by atoms with van der Waals surface area (Å²) in [5.74, 6) is 2.53. The minimum absolute atomic E-state index is 0.0501. The minimum Gasteiger partial charge on any atom is -0.343 e. The Morgan fingerprint density at radius 1 is 1.39 bits per heavy atom. The summed E-state index contributed by atoms with van der Waals surface area (Å²) in [6.07, 6.45) is 6.75. The fourth-order valence-electron chi connectivity index (χ4n) is 2.41. The topological polar surface area (TPSA) is 49.4 Å². The molecule has 2 amide bonds. The molecule has 100 valence electrons. The zero-order chi connectivity index (χ0) is 13.9. The van der Waals surface area contributed by atoms with Crippen molar-refractivity contribution in [2.24, 2.45) is 5.92 Å². The SMILES string of the molecule is C#CC(CC)N1C(=O)C(CC)NC(=O)C1C(C)C. The van der Waals surface area contributed by atoms with Crippen molar-refractivity contribution in [3.63, 3.8) is 0 Å². The number of hydrogen-bond donors (Lipinski definition) is 1. The number of carbonyl (C=O) groups excluding carboxylic acids is 2. The first-order valence-corrected chi connectivity index (χ1v) is 6.56. The molecule has 0 spiro atoms. The quantitative estimate of drug-likeness (QED) is 0.761. The molecule has 0 aliphatic carbocycles. The second-order valence-corrected chi connectivity index (χ2v) is 4.99. The molecule has 4 heteroatoms. The van der Waals surface area contributed by atoms with Crippen LogP contribution in [0.3, 0.4) is 0 Å². The Kier molecular flexibility index (Phi) is 4.77. The van der Waals surface area contributed by atoms with E-state index in [4.69, 9.17) is 6.42 Å². The third-order valence-electron chi connectivity index (χ3n) is 3.39. The average molecular weight is 250 g/mol. The highest BCUT2D eigenvalue weighted by Gasteiger charge is 2.43. The number of hydrogen-bond acceptors (Lipinski definition) is 2. The van der Waals surface area contributed by atoms with Gasteiger partial charge >= 0.3 is 0 Å².